The molecule has 3 rings (SSSR count). The van der Waals surface area contributed by atoms with E-state index in [4.69, 9.17) is 9.47 Å². The molecule has 4 heteroatoms. The molecule has 37 heavy (non-hydrogen) atoms. The lowest BCUT2D eigenvalue weighted by Gasteiger charge is -2.37. The second kappa shape index (κ2) is 16.7. The molecule has 206 valence electrons. The van der Waals surface area contributed by atoms with Gasteiger partial charge in [0.05, 0.1) is 17.7 Å². The summed E-state index contributed by atoms with van der Waals surface area (Å²) in [6.07, 6.45) is 22.8. The molecule has 0 unspecified atom stereocenters. The van der Waals surface area contributed by atoms with Crippen molar-refractivity contribution < 1.29 is 14.3 Å². The highest BCUT2D eigenvalue weighted by atomic mass is 16.5. The summed E-state index contributed by atoms with van der Waals surface area (Å²) in [5, 5.41) is 9.57. The Hall–Kier alpha value is -2.02. The fourth-order valence-electron chi connectivity index (χ4n) is 6.46. The summed E-state index contributed by atoms with van der Waals surface area (Å²) in [5.41, 5.74) is 0.860. The van der Waals surface area contributed by atoms with Crippen molar-refractivity contribution in [1.82, 2.24) is 0 Å². The van der Waals surface area contributed by atoms with E-state index in [-0.39, 0.29) is 12.1 Å². The lowest BCUT2D eigenvalue weighted by atomic mass is 9.70. The van der Waals surface area contributed by atoms with Crippen LogP contribution in [0.1, 0.15) is 145 Å². The summed E-state index contributed by atoms with van der Waals surface area (Å²) < 4.78 is 11.7. The molecule has 1 aromatic carbocycles. The molecule has 1 aromatic rings. The highest BCUT2D eigenvalue weighted by Gasteiger charge is 2.32. The quantitative estimate of drug-likeness (QED) is 0.174. The molecule has 0 N–H and O–H groups in total. The first-order valence-electron chi connectivity index (χ1n) is 15.5. The molecule has 4 nitrogen and oxygen atoms in total. The number of nitrogens with zero attached hydrogens (tertiary/aromatic N) is 1. The van der Waals surface area contributed by atoms with Gasteiger partial charge in [-0.2, -0.15) is 5.26 Å². The van der Waals surface area contributed by atoms with Gasteiger partial charge in [0.15, 0.2) is 0 Å². The van der Waals surface area contributed by atoms with Gasteiger partial charge < -0.3 is 9.47 Å². The van der Waals surface area contributed by atoms with Crippen molar-refractivity contribution in [1.29, 1.82) is 5.26 Å². The van der Waals surface area contributed by atoms with Gasteiger partial charge in [-0.05, 0) is 80.9 Å². The summed E-state index contributed by atoms with van der Waals surface area (Å²) in [5.74, 6) is 2.90. The topological polar surface area (TPSA) is 59.3 Å². The van der Waals surface area contributed by atoms with Crippen LogP contribution in [0, 0.1) is 29.1 Å². The van der Waals surface area contributed by atoms with Crippen LogP contribution in [0.4, 0.5) is 0 Å². The monoisotopic (exact) mass is 509 g/mol. The van der Waals surface area contributed by atoms with Gasteiger partial charge in [-0.1, -0.05) is 84.5 Å². The number of hydrogen-bond acceptors (Lipinski definition) is 4. The van der Waals surface area contributed by atoms with E-state index in [1.54, 1.807) is 18.2 Å². The van der Waals surface area contributed by atoms with E-state index in [1.165, 1.54) is 89.9 Å². The normalized spacial score (nSPS) is 23.8. The molecule has 0 aliphatic heterocycles. The summed E-state index contributed by atoms with van der Waals surface area (Å²) >= 11 is 0. The second-order valence-electron chi connectivity index (χ2n) is 11.7. The Morgan fingerprint density at radius 1 is 0.838 bits per heavy atom. The molecule has 0 saturated heterocycles. The van der Waals surface area contributed by atoms with Crippen LogP contribution in [0.25, 0.3) is 0 Å². The number of benzene rings is 1. The Morgan fingerprint density at radius 3 is 2.11 bits per heavy atom. The first kappa shape index (κ1) is 29.5. The third kappa shape index (κ3) is 9.99. The lowest BCUT2D eigenvalue weighted by molar-refractivity contribution is 0.0109. The Labute approximate surface area is 226 Å². The zero-order valence-electron chi connectivity index (χ0n) is 23.6. The number of esters is 1. The van der Waals surface area contributed by atoms with Crippen LogP contribution in [-0.2, 0) is 4.74 Å². The van der Waals surface area contributed by atoms with Crippen molar-refractivity contribution in [3.8, 4) is 11.8 Å². The van der Waals surface area contributed by atoms with Gasteiger partial charge in [-0.25, -0.2) is 4.79 Å². The molecule has 2 aliphatic carbocycles. The maximum Gasteiger partial charge on any atom is 0.338 e. The largest absolute Gasteiger partial charge is 0.492 e. The highest BCUT2D eigenvalue weighted by Crippen LogP contribution is 2.41. The zero-order valence-corrected chi connectivity index (χ0v) is 23.6. The third-order valence-electron chi connectivity index (χ3n) is 8.86. The first-order valence-corrected chi connectivity index (χ1v) is 15.5. The van der Waals surface area contributed by atoms with Crippen LogP contribution < -0.4 is 4.74 Å². The van der Waals surface area contributed by atoms with Crippen molar-refractivity contribution >= 4 is 5.97 Å². The van der Waals surface area contributed by atoms with Crippen LogP contribution >= 0.6 is 0 Å². The van der Waals surface area contributed by atoms with Crippen LogP contribution in [0.5, 0.6) is 5.75 Å². The van der Waals surface area contributed by atoms with Crippen molar-refractivity contribution in [2.24, 2.45) is 17.8 Å². The molecule has 0 amide bonds. The lowest BCUT2D eigenvalue weighted by Crippen LogP contribution is -2.29. The Bertz CT molecular complexity index is 828. The molecule has 2 aliphatic rings. The molecule has 0 radical (unpaired) electrons. The molecule has 2 fully saturated rings. The first-order chi connectivity index (χ1) is 18.1. The Kier molecular flexibility index (Phi) is 13.4. The predicted octanol–water partition coefficient (Wildman–Crippen LogP) is 9.40. The third-order valence-corrected chi connectivity index (χ3v) is 8.86. The van der Waals surface area contributed by atoms with E-state index in [1.807, 2.05) is 0 Å². The van der Waals surface area contributed by atoms with Crippen molar-refractivity contribution in [3.63, 3.8) is 0 Å². The average molecular weight is 510 g/mol. The molecule has 0 aromatic heterocycles. The maximum atomic E-state index is 12.8. The van der Waals surface area contributed by atoms with Gasteiger partial charge in [0.1, 0.15) is 17.9 Å². The maximum absolute atomic E-state index is 12.8. The van der Waals surface area contributed by atoms with Crippen molar-refractivity contribution in [2.45, 2.75) is 136 Å². The smallest absolute Gasteiger partial charge is 0.338 e. The fraction of sp³-hybridized carbons (Fsp3) is 0.758. The number of rotatable bonds is 15. The molecule has 0 atom stereocenters. The minimum Gasteiger partial charge on any atom is -0.492 e. The van der Waals surface area contributed by atoms with Crippen molar-refractivity contribution in [2.75, 3.05) is 6.61 Å². The highest BCUT2D eigenvalue weighted by molar-refractivity contribution is 5.90. The van der Waals surface area contributed by atoms with E-state index in [0.29, 0.717) is 23.5 Å². The Morgan fingerprint density at radius 2 is 1.46 bits per heavy atom. The molecule has 0 bridgehead atoms. The van der Waals surface area contributed by atoms with Gasteiger partial charge in [-0.3, -0.25) is 0 Å². The van der Waals surface area contributed by atoms with Crippen LogP contribution in [0.15, 0.2) is 18.2 Å². The van der Waals surface area contributed by atoms with Crippen LogP contribution in [0.3, 0.4) is 0 Å². The van der Waals surface area contributed by atoms with E-state index in [2.05, 4.69) is 19.9 Å². The van der Waals surface area contributed by atoms with E-state index < -0.39 is 0 Å². The molecular weight excluding hydrogens is 458 g/mol. The fourth-order valence-corrected chi connectivity index (χ4v) is 6.46. The summed E-state index contributed by atoms with van der Waals surface area (Å²) in [4.78, 5) is 12.8. The molecule has 0 spiro atoms. The van der Waals surface area contributed by atoms with Gasteiger partial charge in [0.25, 0.3) is 0 Å². The molecular formula is C33H51NO3. The summed E-state index contributed by atoms with van der Waals surface area (Å²) in [6.45, 7) is 5.09. The van der Waals surface area contributed by atoms with Gasteiger partial charge >= 0.3 is 5.97 Å². The number of ether oxygens (including phenoxy) is 2. The standard InChI is InChI=1S/C33H51NO3/c1-3-5-7-9-11-23-36-32-22-19-29(24-30(32)25-34)33(35)37-31-20-17-28(18-21-31)27-15-13-26(14-16-27)12-10-8-6-4-2/h19,22,24,26-28,31H,3-18,20-21,23H2,1-2H3. The molecule has 2 saturated carbocycles. The van der Waals surface area contributed by atoms with E-state index >= 15 is 0 Å². The van der Waals surface area contributed by atoms with Gasteiger partial charge in [0.2, 0.25) is 0 Å². The minimum absolute atomic E-state index is 0.00300. The second-order valence-corrected chi connectivity index (χ2v) is 11.7. The number of hydrogen-bond donors (Lipinski definition) is 0. The minimum atomic E-state index is -0.311. The summed E-state index contributed by atoms with van der Waals surface area (Å²) in [7, 11) is 0. The van der Waals surface area contributed by atoms with E-state index in [9.17, 15) is 10.1 Å². The number of unbranched alkanes of at least 4 members (excludes halogenated alkanes) is 7. The average Bonchev–Trinajstić information content (AvgIpc) is 2.94. The SMILES string of the molecule is CCCCCCCOc1ccc(C(=O)OC2CCC(C3CCC(CCCCCC)CC3)CC2)cc1C#N. The van der Waals surface area contributed by atoms with Crippen LogP contribution in [-0.4, -0.2) is 18.7 Å². The Balaban J connectivity index is 1.37. The number of carbonyl (C=O) groups excluding carboxylic acids is 1. The predicted molar refractivity (Wildman–Crippen MR) is 151 cm³/mol. The number of carbonyl (C=O) groups is 1. The van der Waals surface area contributed by atoms with Crippen molar-refractivity contribution in [3.05, 3.63) is 29.3 Å². The molecule has 0 heterocycles. The van der Waals surface area contributed by atoms with Gasteiger partial charge in [-0.15, -0.1) is 0 Å². The zero-order chi connectivity index (χ0) is 26.3. The van der Waals surface area contributed by atoms with E-state index in [0.717, 1.165) is 43.4 Å². The number of nitriles is 1. The van der Waals surface area contributed by atoms with Crippen LogP contribution in [0.2, 0.25) is 0 Å². The summed E-state index contributed by atoms with van der Waals surface area (Å²) in [6, 6.07) is 7.30. The van der Waals surface area contributed by atoms with Gasteiger partial charge in [0, 0.05) is 0 Å².